The molecule has 0 aliphatic heterocycles. The zero-order valence-electron chi connectivity index (χ0n) is 13.5. The molecule has 0 saturated heterocycles. The van der Waals surface area contributed by atoms with Gasteiger partial charge in [0.1, 0.15) is 0 Å². The summed E-state index contributed by atoms with van der Waals surface area (Å²) < 4.78 is 6.20. The van der Waals surface area contributed by atoms with Gasteiger partial charge < -0.3 is 10.1 Å². The zero-order chi connectivity index (χ0) is 14.7. The van der Waals surface area contributed by atoms with E-state index >= 15 is 0 Å². The van der Waals surface area contributed by atoms with Crippen molar-refractivity contribution >= 4 is 0 Å². The van der Waals surface area contributed by atoms with Crippen LogP contribution in [0.2, 0.25) is 0 Å². The van der Waals surface area contributed by atoms with E-state index in [2.05, 4.69) is 78.0 Å². The zero-order valence-corrected chi connectivity index (χ0v) is 13.5. The molecule has 0 aromatic heterocycles. The molecule has 0 radical (unpaired) electrons. The van der Waals surface area contributed by atoms with Crippen molar-refractivity contribution in [3.63, 3.8) is 0 Å². The minimum absolute atomic E-state index is 0.0832. The lowest BCUT2D eigenvalue weighted by Gasteiger charge is -2.31. The molecule has 0 aliphatic carbocycles. The van der Waals surface area contributed by atoms with Crippen LogP contribution in [0.5, 0.6) is 0 Å². The molecule has 19 heavy (non-hydrogen) atoms. The van der Waals surface area contributed by atoms with Gasteiger partial charge in [0, 0.05) is 12.1 Å². The van der Waals surface area contributed by atoms with Crippen molar-refractivity contribution in [3.8, 4) is 0 Å². The molecule has 1 unspecified atom stereocenters. The summed E-state index contributed by atoms with van der Waals surface area (Å²) in [6.45, 7) is 15.8. The first-order valence-corrected chi connectivity index (χ1v) is 7.06. The van der Waals surface area contributed by atoms with Crippen molar-refractivity contribution in [2.45, 2.75) is 65.7 Å². The van der Waals surface area contributed by atoms with E-state index in [4.69, 9.17) is 4.74 Å². The van der Waals surface area contributed by atoms with E-state index in [1.54, 1.807) is 0 Å². The molecule has 1 atom stereocenters. The van der Waals surface area contributed by atoms with E-state index in [9.17, 15) is 0 Å². The highest BCUT2D eigenvalue weighted by Crippen LogP contribution is 2.24. The Balaban J connectivity index is 2.83. The van der Waals surface area contributed by atoms with Crippen molar-refractivity contribution in [1.82, 2.24) is 5.32 Å². The maximum absolute atomic E-state index is 6.20. The minimum Gasteiger partial charge on any atom is -0.367 e. The van der Waals surface area contributed by atoms with Crippen molar-refractivity contribution in [2.75, 3.05) is 6.54 Å². The van der Waals surface area contributed by atoms with Crippen LogP contribution in [-0.4, -0.2) is 17.7 Å². The topological polar surface area (TPSA) is 21.3 Å². The van der Waals surface area contributed by atoms with Gasteiger partial charge in [0.25, 0.3) is 0 Å². The standard InChI is InChI=1S/C17H29NO/c1-13-8-10-14(11-9-13)15(19-17(5,6)7)12-18-16(2,3)4/h8-11,15,18H,12H2,1-7H3. The van der Waals surface area contributed by atoms with Gasteiger partial charge in [0.2, 0.25) is 0 Å². The van der Waals surface area contributed by atoms with Gasteiger partial charge in [0.15, 0.2) is 0 Å². The summed E-state index contributed by atoms with van der Waals surface area (Å²) in [7, 11) is 0. The normalized spacial score (nSPS) is 14.5. The van der Waals surface area contributed by atoms with Crippen LogP contribution in [0.15, 0.2) is 24.3 Å². The average Bonchev–Trinajstić information content (AvgIpc) is 2.23. The molecule has 0 heterocycles. The monoisotopic (exact) mass is 263 g/mol. The first-order chi connectivity index (χ1) is 8.57. The number of ether oxygens (including phenoxy) is 1. The van der Waals surface area contributed by atoms with Crippen molar-refractivity contribution < 1.29 is 4.74 Å². The van der Waals surface area contributed by atoms with Crippen LogP contribution >= 0.6 is 0 Å². The van der Waals surface area contributed by atoms with Crippen molar-refractivity contribution in [2.24, 2.45) is 0 Å². The second-order valence-corrected chi connectivity index (χ2v) is 7.26. The van der Waals surface area contributed by atoms with Crippen molar-refractivity contribution in [1.29, 1.82) is 0 Å². The molecular weight excluding hydrogens is 234 g/mol. The van der Waals surface area contributed by atoms with Gasteiger partial charge in [-0.15, -0.1) is 0 Å². The summed E-state index contributed by atoms with van der Waals surface area (Å²) in [4.78, 5) is 0. The molecule has 108 valence electrons. The quantitative estimate of drug-likeness (QED) is 0.877. The molecule has 0 spiro atoms. The molecule has 2 nitrogen and oxygen atoms in total. The molecule has 0 fully saturated rings. The second kappa shape index (κ2) is 6.06. The van der Waals surface area contributed by atoms with E-state index in [1.165, 1.54) is 11.1 Å². The SMILES string of the molecule is Cc1ccc(C(CNC(C)(C)C)OC(C)(C)C)cc1. The molecule has 0 aliphatic rings. The summed E-state index contributed by atoms with van der Waals surface area (Å²) in [5.74, 6) is 0. The molecule has 2 heteroatoms. The van der Waals surface area contributed by atoms with Gasteiger partial charge in [-0.25, -0.2) is 0 Å². The Labute approximate surface area is 118 Å². The Morgan fingerprint density at radius 1 is 1.00 bits per heavy atom. The molecule has 1 aromatic rings. The summed E-state index contributed by atoms with van der Waals surface area (Å²) in [5, 5.41) is 3.53. The minimum atomic E-state index is -0.144. The number of hydrogen-bond acceptors (Lipinski definition) is 2. The lowest BCUT2D eigenvalue weighted by Crippen LogP contribution is -2.40. The Hall–Kier alpha value is -0.860. The van der Waals surface area contributed by atoms with Gasteiger partial charge in [-0.1, -0.05) is 29.8 Å². The third-order valence-electron chi connectivity index (χ3n) is 2.76. The van der Waals surface area contributed by atoms with Crippen LogP contribution < -0.4 is 5.32 Å². The molecule has 0 saturated carbocycles. The molecule has 1 aromatic carbocycles. The fourth-order valence-electron chi connectivity index (χ4n) is 1.83. The molecule has 1 N–H and O–H groups in total. The van der Waals surface area contributed by atoms with E-state index < -0.39 is 0 Å². The van der Waals surface area contributed by atoms with Crippen LogP contribution in [0, 0.1) is 6.92 Å². The first kappa shape index (κ1) is 16.2. The maximum Gasteiger partial charge on any atom is 0.0956 e. The van der Waals surface area contributed by atoms with Crippen LogP contribution in [0.1, 0.15) is 58.8 Å². The highest BCUT2D eigenvalue weighted by atomic mass is 16.5. The fourth-order valence-corrected chi connectivity index (χ4v) is 1.83. The summed E-state index contributed by atoms with van der Waals surface area (Å²) in [6, 6.07) is 8.61. The van der Waals surface area contributed by atoms with E-state index in [0.29, 0.717) is 0 Å². The van der Waals surface area contributed by atoms with Crippen LogP contribution in [-0.2, 0) is 4.74 Å². The lowest BCUT2D eigenvalue weighted by molar-refractivity contribution is -0.0624. The fraction of sp³-hybridized carbons (Fsp3) is 0.647. The van der Waals surface area contributed by atoms with Gasteiger partial charge >= 0.3 is 0 Å². The highest BCUT2D eigenvalue weighted by Gasteiger charge is 2.22. The van der Waals surface area contributed by atoms with Crippen LogP contribution in [0.4, 0.5) is 0 Å². The summed E-state index contributed by atoms with van der Waals surface area (Å²) in [5.41, 5.74) is 2.47. The van der Waals surface area contributed by atoms with Crippen LogP contribution in [0.3, 0.4) is 0 Å². The second-order valence-electron chi connectivity index (χ2n) is 7.26. The third kappa shape index (κ3) is 6.74. The Bertz CT molecular complexity index is 381. The largest absolute Gasteiger partial charge is 0.367 e. The molecule has 1 rings (SSSR count). The lowest BCUT2D eigenvalue weighted by atomic mass is 10.0. The number of nitrogens with one attached hydrogen (secondary N) is 1. The maximum atomic E-state index is 6.20. The Morgan fingerprint density at radius 2 is 1.53 bits per heavy atom. The van der Waals surface area contributed by atoms with Crippen molar-refractivity contribution in [3.05, 3.63) is 35.4 Å². The van der Waals surface area contributed by atoms with Crippen LogP contribution in [0.25, 0.3) is 0 Å². The predicted octanol–water partition coefficient (Wildman–Crippen LogP) is 4.24. The highest BCUT2D eigenvalue weighted by molar-refractivity contribution is 5.23. The predicted molar refractivity (Wildman–Crippen MR) is 82.5 cm³/mol. The van der Waals surface area contributed by atoms with E-state index in [0.717, 1.165) is 6.54 Å². The van der Waals surface area contributed by atoms with E-state index in [-0.39, 0.29) is 17.2 Å². The first-order valence-electron chi connectivity index (χ1n) is 7.06. The molecular formula is C17H29NO. The average molecular weight is 263 g/mol. The summed E-state index contributed by atoms with van der Waals surface area (Å²) >= 11 is 0. The molecule has 0 amide bonds. The molecule has 0 bridgehead atoms. The number of rotatable bonds is 4. The van der Waals surface area contributed by atoms with E-state index in [1.807, 2.05) is 0 Å². The van der Waals surface area contributed by atoms with Gasteiger partial charge in [-0.3, -0.25) is 0 Å². The number of benzene rings is 1. The smallest absolute Gasteiger partial charge is 0.0956 e. The van der Waals surface area contributed by atoms with Gasteiger partial charge in [-0.2, -0.15) is 0 Å². The third-order valence-corrected chi connectivity index (χ3v) is 2.76. The summed E-state index contributed by atoms with van der Waals surface area (Å²) in [6.07, 6.45) is 0.0832. The number of aryl methyl sites for hydroxylation is 1. The number of hydrogen-bond donors (Lipinski definition) is 1. The van der Waals surface area contributed by atoms with Gasteiger partial charge in [0.05, 0.1) is 11.7 Å². The Morgan fingerprint density at radius 3 is 1.95 bits per heavy atom. The van der Waals surface area contributed by atoms with Gasteiger partial charge in [-0.05, 0) is 54.0 Å². The Kier molecular flexibility index (Phi) is 5.17.